The number of rotatable bonds is 5. The fourth-order valence-corrected chi connectivity index (χ4v) is 3.13. The lowest BCUT2D eigenvalue weighted by Crippen LogP contribution is -2.05. The van der Waals surface area contributed by atoms with E-state index in [0.717, 1.165) is 9.37 Å². The molecular weight excluding hydrogens is 363 g/mol. The predicted molar refractivity (Wildman–Crippen MR) is 85.0 cm³/mol. The lowest BCUT2D eigenvalue weighted by Gasteiger charge is -2.03. The molecule has 20 heavy (non-hydrogen) atoms. The Morgan fingerprint density at radius 3 is 2.75 bits per heavy atom. The number of carbonyl (C=O) groups excluding carboxylic acids is 1. The van der Waals surface area contributed by atoms with Crippen LogP contribution in [0.3, 0.4) is 0 Å². The first-order valence-electron chi connectivity index (χ1n) is 5.88. The molecule has 5 heteroatoms. The molecule has 0 N–H and O–H groups in total. The van der Waals surface area contributed by atoms with Crippen LogP contribution in [0.15, 0.2) is 51.8 Å². The minimum Gasteiger partial charge on any atom is -0.298 e. The summed E-state index contributed by atoms with van der Waals surface area (Å²) in [5.41, 5.74) is 0.645. The van der Waals surface area contributed by atoms with Crippen molar-refractivity contribution in [2.24, 2.45) is 0 Å². The zero-order valence-electron chi connectivity index (χ0n) is 10.4. The van der Waals surface area contributed by atoms with Gasteiger partial charge in [0.15, 0.2) is 0 Å². The van der Waals surface area contributed by atoms with Crippen molar-refractivity contribution in [1.82, 2.24) is 0 Å². The quantitative estimate of drug-likeness (QED) is 0.675. The van der Waals surface area contributed by atoms with Gasteiger partial charge in [0.05, 0.1) is 10.8 Å². The highest BCUT2D eigenvalue weighted by molar-refractivity contribution is 9.10. The Labute approximate surface area is 134 Å². The minimum absolute atomic E-state index is 0.0525. The molecule has 104 valence electrons. The number of carbonyl (C=O) groups is 1. The van der Waals surface area contributed by atoms with Gasteiger partial charge in [-0.15, -0.1) is 11.8 Å². The summed E-state index contributed by atoms with van der Waals surface area (Å²) in [6.45, 7) is 0. The Morgan fingerprint density at radius 2 is 2.05 bits per heavy atom. The van der Waals surface area contributed by atoms with Crippen molar-refractivity contribution >= 4 is 45.1 Å². The van der Waals surface area contributed by atoms with Gasteiger partial charge in [-0.3, -0.25) is 4.79 Å². The lowest BCUT2D eigenvalue weighted by atomic mass is 10.1. The van der Waals surface area contributed by atoms with Crippen LogP contribution in [-0.2, 0) is 11.2 Å². The standard InChI is InChI=1S/C15H11BrClFOS/c16-11-2-1-3-13(8-11)20-9-12(19)6-10-4-5-14(17)15(18)7-10/h1-5,7-8H,6,9H2. The molecule has 2 rings (SSSR count). The van der Waals surface area contributed by atoms with Gasteiger partial charge in [-0.2, -0.15) is 0 Å². The first-order valence-corrected chi connectivity index (χ1v) is 8.04. The van der Waals surface area contributed by atoms with Gasteiger partial charge in [0.1, 0.15) is 11.6 Å². The van der Waals surface area contributed by atoms with Crippen LogP contribution in [0.25, 0.3) is 0 Å². The van der Waals surface area contributed by atoms with E-state index in [9.17, 15) is 9.18 Å². The molecular formula is C15H11BrClFOS. The lowest BCUT2D eigenvalue weighted by molar-refractivity contribution is -0.116. The molecule has 2 aromatic rings. The topological polar surface area (TPSA) is 17.1 Å². The molecule has 0 aliphatic heterocycles. The van der Waals surface area contributed by atoms with Crippen molar-refractivity contribution in [3.8, 4) is 0 Å². The minimum atomic E-state index is -0.489. The maximum Gasteiger partial charge on any atom is 0.147 e. The van der Waals surface area contributed by atoms with E-state index < -0.39 is 5.82 Å². The van der Waals surface area contributed by atoms with Gasteiger partial charge < -0.3 is 0 Å². The van der Waals surface area contributed by atoms with E-state index >= 15 is 0 Å². The third-order valence-electron chi connectivity index (χ3n) is 2.58. The SMILES string of the molecule is O=C(CSc1cccc(Br)c1)Cc1ccc(Cl)c(F)c1. The van der Waals surface area contributed by atoms with Gasteiger partial charge in [-0.05, 0) is 35.9 Å². The molecule has 0 aromatic heterocycles. The molecule has 0 amide bonds. The maximum absolute atomic E-state index is 13.3. The Balaban J connectivity index is 1.91. The Kier molecular flexibility index (Phi) is 5.64. The van der Waals surface area contributed by atoms with Crippen LogP contribution in [-0.4, -0.2) is 11.5 Å². The van der Waals surface area contributed by atoms with Crippen LogP contribution in [0.4, 0.5) is 4.39 Å². The van der Waals surface area contributed by atoms with E-state index in [2.05, 4.69) is 15.9 Å². The molecule has 0 aliphatic rings. The molecule has 2 aromatic carbocycles. The monoisotopic (exact) mass is 372 g/mol. The van der Waals surface area contributed by atoms with Gasteiger partial charge >= 0.3 is 0 Å². The third-order valence-corrected chi connectivity index (χ3v) is 4.43. The molecule has 0 unspecified atom stereocenters. The number of Topliss-reactive ketones (excluding diaryl/α,β-unsaturated/α-hetero) is 1. The molecule has 1 nitrogen and oxygen atoms in total. The second-order valence-corrected chi connectivity index (χ2v) is 6.58. The van der Waals surface area contributed by atoms with Crippen molar-refractivity contribution in [2.45, 2.75) is 11.3 Å². The van der Waals surface area contributed by atoms with Crippen molar-refractivity contribution in [3.05, 3.63) is 63.3 Å². The zero-order valence-corrected chi connectivity index (χ0v) is 13.6. The first-order chi connectivity index (χ1) is 9.54. The molecule has 0 radical (unpaired) electrons. The van der Waals surface area contributed by atoms with Gasteiger partial charge in [0.25, 0.3) is 0 Å². The van der Waals surface area contributed by atoms with E-state index in [0.29, 0.717) is 11.3 Å². The van der Waals surface area contributed by atoms with Gasteiger partial charge in [-0.1, -0.05) is 39.7 Å². The Morgan fingerprint density at radius 1 is 1.25 bits per heavy atom. The highest BCUT2D eigenvalue weighted by Gasteiger charge is 2.07. The molecule has 0 spiro atoms. The van der Waals surface area contributed by atoms with E-state index in [1.54, 1.807) is 6.07 Å². The van der Waals surface area contributed by atoms with Crippen LogP contribution < -0.4 is 0 Å². The van der Waals surface area contributed by atoms with Crippen LogP contribution in [0.2, 0.25) is 5.02 Å². The van der Waals surface area contributed by atoms with Crippen molar-refractivity contribution in [2.75, 3.05) is 5.75 Å². The molecule has 0 atom stereocenters. The number of ketones is 1. The number of hydrogen-bond acceptors (Lipinski definition) is 2. The van der Waals surface area contributed by atoms with Crippen molar-refractivity contribution < 1.29 is 9.18 Å². The second-order valence-electron chi connectivity index (χ2n) is 4.21. The summed E-state index contributed by atoms with van der Waals surface area (Å²) in [6, 6.07) is 12.2. The van der Waals surface area contributed by atoms with E-state index in [-0.39, 0.29) is 17.2 Å². The largest absolute Gasteiger partial charge is 0.298 e. The first kappa shape index (κ1) is 15.5. The number of thioether (sulfide) groups is 1. The van der Waals surface area contributed by atoms with E-state index in [1.807, 2.05) is 24.3 Å². The average Bonchev–Trinajstić information content (AvgIpc) is 2.41. The van der Waals surface area contributed by atoms with Gasteiger partial charge in [0, 0.05) is 15.8 Å². The Bertz CT molecular complexity index is 633. The molecule has 0 heterocycles. The number of halogens is 3. The summed E-state index contributed by atoms with van der Waals surface area (Å²) in [7, 11) is 0. The van der Waals surface area contributed by atoms with E-state index in [1.165, 1.54) is 23.9 Å². The highest BCUT2D eigenvalue weighted by atomic mass is 79.9. The third kappa shape index (κ3) is 4.62. The zero-order chi connectivity index (χ0) is 14.5. The number of hydrogen-bond donors (Lipinski definition) is 0. The summed E-state index contributed by atoms with van der Waals surface area (Å²) in [5, 5.41) is 0.0738. The molecule has 0 bridgehead atoms. The van der Waals surface area contributed by atoms with Crippen molar-refractivity contribution in [1.29, 1.82) is 0 Å². The van der Waals surface area contributed by atoms with Crippen LogP contribution in [0.5, 0.6) is 0 Å². The maximum atomic E-state index is 13.3. The predicted octanol–water partition coefficient (Wildman–Crippen LogP) is 5.15. The summed E-state index contributed by atoms with van der Waals surface area (Å²) in [5.74, 6) is -0.0749. The molecule has 0 saturated heterocycles. The summed E-state index contributed by atoms with van der Waals surface area (Å²) in [4.78, 5) is 12.9. The summed E-state index contributed by atoms with van der Waals surface area (Å²) < 4.78 is 14.3. The van der Waals surface area contributed by atoms with Gasteiger partial charge in [0.2, 0.25) is 0 Å². The van der Waals surface area contributed by atoms with Crippen LogP contribution >= 0.6 is 39.3 Å². The Hall–Kier alpha value is -0.840. The fourth-order valence-electron chi connectivity index (χ4n) is 1.65. The fraction of sp³-hybridized carbons (Fsp3) is 0.133. The number of benzene rings is 2. The van der Waals surface area contributed by atoms with E-state index in [4.69, 9.17) is 11.6 Å². The second kappa shape index (κ2) is 7.25. The van der Waals surface area contributed by atoms with Crippen molar-refractivity contribution in [3.63, 3.8) is 0 Å². The molecule has 0 fully saturated rings. The van der Waals surface area contributed by atoms with Crippen LogP contribution in [0, 0.1) is 5.82 Å². The van der Waals surface area contributed by atoms with Crippen LogP contribution in [0.1, 0.15) is 5.56 Å². The molecule has 0 aliphatic carbocycles. The molecule has 0 saturated carbocycles. The summed E-state index contributed by atoms with van der Waals surface area (Å²) >= 11 is 10.5. The summed E-state index contributed by atoms with van der Waals surface area (Å²) in [6.07, 6.45) is 0.217. The normalized spacial score (nSPS) is 10.6. The smallest absolute Gasteiger partial charge is 0.147 e. The van der Waals surface area contributed by atoms with Gasteiger partial charge in [-0.25, -0.2) is 4.39 Å². The highest BCUT2D eigenvalue weighted by Crippen LogP contribution is 2.22. The average molecular weight is 374 g/mol.